The summed E-state index contributed by atoms with van der Waals surface area (Å²) in [6, 6.07) is 10.5. The number of likely N-dealkylation sites (tertiary alicyclic amines) is 1. The summed E-state index contributed by atoms with van der Waals surface area (Å²) in [5.74, 6) is -1.40. The summed E-state index contributed by atoms with van der Waals surface area (Å²) in [6.07, 6.45) is -3.11. The van der Waals surface area contributed by atoms with Crippen molar-refractivity contribution < 1.29 is 27.6 Å². The smallest absolute Gasteiger partial charge is 0.331 e. The number of halogens is 3. The number of anilines is 1. The van der Waals surface area contributed by atoms with Crippen LogP contribution >= 0.6 is 0 Å². The summed E-state index contributed by atoms with van der Waals surface area (Å²) >= 11 is 0. The number of nitriles is 1. The van der Waals surface area contributed by atoms with Gasteiger partial charge in [0, 0.05) is 17.3 Å². The van der Waals surface area contributed by atoms with E-state index < -0.39 is 53.3 Å². The molecule has 3 aromatic rings. The van der Waals surface area contributed by atoms with Gasteiger partial charge in [0.05, 0.1) is 35.1 Å². The number of nitrogens with zero attached hydrogens (tertiary/aromatic N) is 5. The molecule has 0 spiro atoms. The van der Waals surface area contributed by atoms with Crippen LogP contribution in [0.2, 0.25) is 0 Å². The molecule has 1 aromatic heterocycles. The number of pyridine rings is 1. The maximum Gasteiger partial charge on any atom is 0.417 e. The molecule has 0 unspecified atom stereocenters. The Morgan fingerprint density at radius 2 is 1.75 bits per heavy atom. The fraction of sp³-hybridized carbons (Fsp3) is 0.240. The van der Waals surface area contributed by atoms with Crippen LogP contribution < -0.4 is 4.90 Å². The van der Waals surface area contributed by atoms with E-state index in [0.717, 1.165) is 17.0 Å². The van der Waals surface area contributed by atoms with Gasteiger partial charge in [0.15, 0.2) is 0 Å². The Hall–Kier alpha value is -4.46. The van der Waals surface area contributed by atoms with E-state index in [9.17, 15) is 32.8 Å². The zero-order chi connectivity index (χ0) is 25.4. The van der Waals surface area contributed by atoms with E-state index >= 15 is 0 Å². The highest BCUT2D eigenvalue weighted by atomic mass is 19.4. The number of fused-ring (bicyclic) bond motifs is 6. The van der Waals surface area contributed by atoms with Crippen LogP contribution in [0.1, 0.15) is 28.0 Å². The maximum absolute atomic E-state index is 13.6. The zero-order valence-corrected chi connectivity index (χ0v) is 18.4. The van der Waals surface area contributed by atoms with Gasteiger partial charge in [-0.05, 0) is 18.6 Å². The molecule has 180 valence electrons. The quantitative estimate of drug-likeness (QED) is 0.511. The first-order chi connectivity index (χ1) is 17.2. The van der Waals surface area contributed by atoms with Crippen LogP contribution in [0, 0.1) is 11.3 Å². The summed E-state index contributed by atoms with van der Waals surface area (Å²) in [6.45, 7) is 0.0332. The van der Waals surface area contributed by atoms with E-state index in [0.29, 0.717) is 17.2 Å². The Morgan fingerprint density at radius 1 is 1.06 bits per heavy atom. The number of piperazine rings is 1. The Bertz CT molecular complexity index is 1510. The normalized spacial score (nSPS) is 22.9. The van der Waals surface area contributed by atoms with Crippen LogP contribution in [-0.2, 0) is 11.0 Å². The Labute approximate surface area is 202 Å². The summed E-state index contributed by atoms with van der Waals surface area (Å²) in [5, 5.41) is 10.3. The SMILES string of the molecule is N#Cc1ncc(N2C(=O)[C@@H]3[C@@H]4C[C@@H](CN4C(=O)c4ccccc4C(F)(F)F)N3C2=O)c2ccccc12. The molecule has 3 atom stereocenters. The van der Waals surface area contributed by atoms with E-state index in [1.165, 1.54) is 28.1 Å². The number of aromatic nitrogens is 1. The Kier molecular flexibility index (Phi) is 4.60. The summed E-state index contributed by atoms with van der Waals surface area (Å²) in [4.78, 5) is 48.0. The third-order valence-electron chi connectivity index (χ3n) is 7.11. The van der Waals surface area contributed by atoms with E-state index in [2.05, 4.69) is 4.98 Å². The number of amides is 4. The number of alkyl halides is 3. The molecule has 2 bridgehead atoms. The molecule has 6 rings (SSSR count). The second-order valence-electron chi connectivity index (χ2n) is 8.92. The van der Waals surface area contributed by atoms with Crippen molar-refractivity contribution in [1.82, 2.24) is 14.8 Å². The van der Waals surface area contributed by atoms with Gasteiger partial charge in [0.2, 0.25) is 0 Å². The molecule has 4 amide bonds. The minimum Gasteiger partial charge on any atom is -0.331 e. The highest BCUT2D eigenvalue weighted by Gasteiger charge is 2.63. The topological polar surface area (TPSA) is 97.6 Å². The minimum absolute atomic E-state index is 0.0332. The van der Waals surface area contributed by atoms with Gasteiger partial charge in [-0.25, -0.2) is 14.7 Å². The standard InChI is InChI=1S/C25H16F3N5O3/c26-25(27,28)17-8-4-3-7-16(17)22(34)31-12-13-9-19(31)21-23(35)33(24(36)32(13)21)20-11-30-18(10-29)14-5-1-2-6-15(14)20/h1-8,11,13,19,21H,9,12H2/t13-,19-,21-/m0/s1. The van der Waals surface area contributed by atoms with Crippen molar-refractivity contribution in [2.75, 3.05) is 11.4 Å². The lowest BCUT2D eigenvalue weighted by Crippen LogP contribution is -2.55. The molecule has 0 saturated carbocycles. The number of imide groups is 1. The first-order valence-corrected chi connectivity index (χ1v) is 11.1. The predicted molar refractivity (Wildman–Crippen MR) is 120 cm³/mol. The van der Waals surface area contributed by atoms with E-state index in [1.54, 1.807) is 24.3 Å². The van der Waals surface area contributed by atoms with Crippen LogP contribution in [-0.4, -0.2) is 57.3 Å². The number of rotatable bonds is 2. The molecule has 11 heteroatoms. The summed E-state index contributed by atoms with van der Waals surface area (Å²) in [7, 11) is 0. The van der Waals surface area contributed by atoms with Crippen molar-refractivity contribution in [3.63, 3.8) is 0 Å². The second kappa shape index (κ2) is 7.52. The van der Waals surface area contributed by atoms with Gasteiger partial charge >= 0.3 is 12.2 Å². The van der Waals surface area contributed by atoms with E-state index in [-0.39, 0.29) is 17.9 Å². The summed E-state index contributed by atoms with van der Waals surface area (Å²) < 4.78 is 40.6. The number of carbonyl (C=O) groups excluding carboxylic acids is 3. The molecular formula is C25H16F3N5O3. The minimum atomic E-state index is -4.71. The molecule has 3 fully saturated rings. The first kappa shape index (κ1) is 22.0. The lowest BCUT2D eigenvalue weighted by Gasteiger charge is -2.35. The highest BCUT2D eigenvalue weighted by molar-refractivity contribution is 6.25. The summed E-state index contributed by atoms with van der Waals surface area (Å²) in [5.41, 5.74) is -1.16. The van der Waals surface area contributed by atoms with Crippen molar-refractivity contribution in [3.05, 3.63) is 71.5 Å². The van der Waals surface area contributed by atoms with Crippen molar-refractivity contribution in [1.29, 1.82) is 5.26 Å². The van der Waals surface area contributed by atoms with Crippen molar-refractivity contribution in [2.45, 2.75) is 30.7 Å². The molecular weight excluding hydrogens is 475 g/mol. The van der Waals surface area contributed by atoms with Crippen molar-refractivity contribution >= 4 is 34.3 Å². The fourth-order valence-corrected chi connectivity index (χ4v) is 5.63. The van der Waals surface area contributed by atoms with Gasteiger partial charge in [-0.3, -0.25) is 9.59 Å². The molecule has 0 N–H and O–H groups in total. The van der Waals surface area contributed by atoms with Crippen molar-refractivity contribution in [3.8, 4) is 6.07 Å². The lowest BCUT2D eigenvalue weighted by atomic mass is 10.0. The molecule has 3 saturated heterocycles. The molecule has 3 aliphatic heterocycles. The molecule has 8 nitrogen and oxygen atoms in total. The van der Waals surface area contributed by atoms with E-state index in [1.807, 2.05) is 6.07 Å². The van der Waals surface area contributed by atoms with Crippen LogP contribution in [0.5, 0.6) is 0 Å². The second-order valence-corrected chi connectivity index (χ2v) is 8.92. The predicted octanol–water partition coefficient (Wildman–Crippen LogP) is 3.56. The number of urea groups is 1. The monoisotopic (exact) mass is 491 g/mol. The molecule has 3 aliphatic rings. The van der Waals surface area contributed by atoms with Gasteiger partial charge in [-0.2, -0.15) is 18.4 Å². The van der Waals surface area contributed by atoms with Crippen LogP contribution in [0.3, 0.4) is 0 Å². The third-order valence-corrected chi connectivity index (χ3v) is 7.11. The molecule has 2 aromatic carbocycles. The molecule has 0 radical (unpaired) electrons. The average molecular weight is 491 g/mol. The lowest BCUT2D eigenvalue weighted by molar-refractivity contribution is -0.138. The number of hydrogen-bond donors (Lipinski definition) is 0. The van der Waals surface area contributed by atoms with Crippen LogP contribution in [0.4, 0.5) is 23.7 Å². The zero-order valence-electron chi connectivity index (χ0n) is 18.4. The number of carbonyl (C=O) groups is 3. The third kappa shape index (κ3) is 2.94. The van der Waals surface area contributed by atoms with Crippen LogP contribution in [0.15, 0.2) is 54.7 Å². The number of benzene rings is 2. The molecule has 36 heavy (non-hydrogen) atoms. The van der Waals surface area contributed by atoms with Crippen molar-refractivity contribution in [2.24, 2.45) is 0 Å². The molecule has 0 aliphatic carbocycles. The van der Waals surface area contributed by atoms with Gasteiger partial charge in [-0.15, -0.1) is 0 Å². The van der Waals surface area contributed by atoms with Gasteiger partial charge < -0.3 is 9.80 Å². The first-order valence-electron chi connectivity index (χ1n) is 11.1. The largest absolute Gasteiger partial charge is 0.417 e. The fourth-order valence-electron chi connectivity index (χ4n) is 5.63. The highest BCUT2D eigenvalue weighted by Crippen LogP contribution is 2.44. The van der Waals surface area contributed by atoms with E-state index in [4.69, 9.17) is 0 Å². The van der Waals surface area contributed by atoms with Gasteiger partial charge in [-0.1, -0.05) is 36.4 Å². The average Bonchev–Trinajstić information content (AvgIpc) is 3.54. The van der Waals surface area contributed by atoms with Crippen LogP contribution in [0.25, 0.3) is 10.8 Å². The maximum atomic E-state index is 13.6. The Morgan fingerprint density at radius 3 is 2.47 bits per heavy atom. The number of hydrogen-bond acceptors (Lipinski definition) is 5. The van der Waals surface area contributed by atoms with Gasteiger partial charge in [0.25, 0.3) is 11.8 Å². The molecule has 4 heterocycles. The Balaban J connectivity index is 1.36. The van der Waals surface area contributed by atoms with Gasteiger partial charge in [0.1, 0.15) is 17.8 Å².